The van der Waals surface area contributed by atoms with Crippen LogP contribution in [0.2, 0.25) is 0 Å². The second kappa shape index (κ2) is 4.94. The van der Waals surface area contributed by atoms with Gasteiger partial charge in [0.1, 0.15) is 5.76 Å². The molecule has 1 atom stereocenters. The van der Waals surface area contributed by atoms with Crippen molar-refractivity contribution >= 4 is 27.7 Å². The Labute approximate surface area is 84.5 Å². The molecular weight excluding hydrogens is 240 g/mol. The van der Waals surface area contributed by atoms with Crippen LogP contribution in [0.15, 0.2) is 21.2 Å². The normalized spacial score (nSPS) is 13.2. The van der Waals surface area contributed by atoms with Crippen molar-refractivity contribution in [1.29, 1.82) is 0 Å². The largest absolute Gasteiger partial charge is 0.453 e. The first-order valence-corrected chi connectivity index (χ1v) is 5.53. The van der Waals surface area contributed by atoms with Gasteiger partial charge in [-0.25, -0.2) is 0 Å². The quantitative estimate of drug-likeness (QED) is 0.893. The third kappa shape index (κ3) is 3.21. The van der Waals surface area contributed by atoms with Crippen LogP contribution in [0, 0.1) is 0 Å². The molecule has 0 saturated carbocycles. The summed E-state index contributed by atoms with van der Waals surface area (Å²) in [5, 5.41) is 9.03. The highest BCUT2D eigenvalue weighted by Crippen LogP contribution is 2.21. The number of hydrogen-bond donors (Lipinski definition) is 1. The molecule has 0 bridgehead atoms. The lowest BCUT2D eigenvalue weighted by Crippen LogP contribution is -2.01. The van der Waals surface area contributed by atoms with Crippen LogP contribution in [0.1, 0.15) is 12.7 Å². The molecule has 0 fully saturated rings. The minimum absolute atomic E-state index is 0.215. The van der Waals surface area contributed by atoms with Gasteiger partial charge in [0.25, 0.3) is 0 Å². The SMILES string of the molecule is CC(CO)SCc1ccc(Br)o1. The van der Waals surface area contributed by atoms with Gasteiger partial charge in [-0.2, -0.15) is 0 Å². The highest BCUT2D eigenvalue weighted by atomic mass is 79.9. The van der Waals surface area contributed by atoms with Crippen molar-refractivity contribution in [1.82, 2.24) is 0 Å². The van der Waals surface area contributed by atoms with E-state index in [1.54, 1.807) is 11.8 Å². The fraction of sp³-hybridized carbons (Fsp3) is 0.500. The highest BCUT2D eigenvalue weighted by Gasteiger charge is 2.03. The third-order valence-electron chi connectivity index (χ3n) is 1.40. The fourth-order valence-corrected chi connectivity index (χ4v) is 1.76. The van der Waals surface area contributed by atoms with Gasteiger partial charge >= 0.3 is 0 Å². The summed E-state index contributed by atoms with van der Waals surface area (Å²) in [5.41, 5.74) is 0. The van der Waals surface area contributed by atoms with E-state index in [-0.39, 0.29) is 11.9 Å². The van der Waals surface area contributed by atoms with Gasteiger partial charge in [0, 0.05) is 5.25 Å². The molecule has 68 valence electrons. The van der Waals surface area contributed by atoms with Crippen molar-refractivity contribution in [3.05, 3.63) is 22.6 Å². The van der Waals surface area contributed by atoms with E-state index in [4.69, 9.17) is 9.52 Å². The van der Waals surface area contributed by atoms with Crippen LogP contribution in [0.5, 0.6) is 0 Å². The second-order valence-electron chi connectivity index (χ2n) is 2.51. The minimum atomic E-state index is 0.215. The van der Waals surface area contributed by atoms with Gasteiger partial charge in [0.2, 0.25) is 0 Å². The first-order valence-electron chi connectivity index (χ1n) is 3.69. The Morgan fingerprint density at radius 2 is 2.42 bits per heavy atom. The Balaban J connectivity index is 2.33. The van der Waals surface area contributed by atoms with E-state index >= 15 is 0 Å². The summed E-state index contributed by atoms with van der Waals surface area (Å²) < 4.78 is 6.05. The van der Waals surface area contributed by atoms with Crippen molar-refractivity contribution in [2.75, 3.05) is 6.61 Å². The number of rotatable bonds is 4. The van der Waals surface area contributed by atoms with Crippen molar-refractivity contribution in [2.24, 2.45) is 0 Å². The number of halogens is 1. The number of aliphatic hydroxyl groups is 1. The van der Waals surface area contributed by atoms with Crippen LogP contribution in [0.3, 0.4) is 0 Å². The Morgan fingerprint density at radius 1 is 1.67 bits per heavy atom. The summed E-state index contributed by atoms with van der Waals surface area (Å²) >= 11 is 4.91. The summed E-state index contributed by atoms with van der Waals surface area (Å²) in [5.74, 6) is 1.75. The second-order valence-corrected chi connectivity index (χ2v) is 4.72. The summed E-state index contributed by atoms with van der Waals surface area (Å²) in [7, 11) is 0. The Hall–Kier alpha value is 0.0700. The molecule has 1 N–H and O–H groups in total. The highest BCUT2D eigenvalue weighted by molar-refractivity contribution is 9.10. The van der Waals surface area contributed by atoms with Gasteiger partial charge in [-0.1, -0.05) is 6.92 Å². The minimum Gasteiger partial charge on any atom is -0.453 e. The van der Waals surface area contributed by atoms with Gasteiger partial charge in [0.05, 0.1) is 12.4 Å². The molecule has 2 nitrogen and oxygen atoms in total. The number of hydrogen-bond acceptors (Lipinski definition) is 3. The Kier molecular flexibility index (Phi) is 4.18. The maximum absolute atomic E-state index is 8.76. The Morgan fingerprint density at radius 3 is 2.92 bits per heavy atom. The summed E-state index contributed by atoms with van der Waals surface area (Å²) in [4.78, 5) is 0. The zero-order valence-electron chi connectivity index (χ0n) is 6.79. The molecule has 0 amide bonds. The van der Waals surface area contributed by atoms with Crippen LogP contribution >= 0.6 is 27.7 Å². The molecule has 1 unspecified atom stereocenters. The van der Waals surface area contributed by atoms with E-state index in [1.807, 2.05) is 19.1 Å². The zero-order chi connectivity index (χ0) is 8.97. The van der Waals surface area contributed by atoms with Crippen LogP contribution in [0.4, 0.5) is 0 Å². The molecule has 0 spiro atoms. The molecular formula is C8H11BrO2S. The lowest BCUT2D eigenvalue weighted by atomic mass is 10.5. The van der Waals surface area contributed by atoms with Crippen molar-refractivity contribution in [3.8, 4) is 0 Å². The molecule has 1 aromatic heterocycles. The first kappa shape index (κ1) is 10.2. The molecule has 12 heavy (non-hydrogen) atoms. The summed E-state index contributed by atoms with van der Waals surface area (Å²) in [6.45, 7) is 2.20. The van der Waals surface area contributed by atoms with E-state index in [0.29, 0.717) is 0 Å². The molecule has 1 heterocycles. The van der Waals surface area contributed by atoms with Gasteiger partial charge in [-0.3, -0.25) is 0 Å². The lowest BCUT2D eigenvalue weighted by Gasteiger charge is -2.04. The van der Waals surface area contributed by atoms with Crippen molar-refractivity contribution < 1.29 is 9.52 Å². The monoisotopic (exact) mass is 250 g/mol. The lowest BCUT2D eigenvalue weighted by molar-refractivity contribution is 0.300. The standard InChI is InChI=1S/C8H11BrO2S/c1-6(4-10)12-5-7-2-3-8(9)11-7/h2-3,6,10H,4-5H2,1H3. The van der Waals surface area contributed by atoms with Gasteiger partial charge < -0.3 is 9.52 Å². The predicted octanol–water partition coefficient (Wildman–Crippen LogP) is 2.66. The maximum atomic E-state index is 8.76. The van der Waals surface area contributed by atoms with Crippen LogP contribution < -0.4 is 0 Å². The number of aliphatic hydroxyl groups excluding tert-OH is 1. The van der Waals surface area contributed by atoms with Crippen LogP contribution in [-0.2, 0) is 5.75 Å². The maximum Gasteiger partial charge on any atom is 0.169 e. The summed E-state index contributed by atoms with van der Waals surface area (Å²) in [6.07, 6.45) is 0. The molecule has 0 aliphatic carbocycles. The molecule has 0 aliphatic rings. The van der Waals surface area contributed by atoms with Gasteiger partial charge in [-0.15, -0.1) is 11.8 Å². The van der Waals surface area contributed by atoms with E-state index in [2.05, 4.69) is 15.9 Å². The van der Waals surface area contributed by atoms with Gasteiger partial charge in [-0.05, 0) is 28.1 Å². The van der Waals surface area contributed by atoms with Crippen LogP contribution in [-0.4, -0.2) is 17.0 Å². The van der Waals surface area contributed by atoms with E-state index in [9.17, 15) is 0 Å². The molecule has 1 aromatic rings. The topological polar surface area (TPSA) is 33.4 Å². The zero-order valence-corrected chi connectivity index (χ0v) is 9.19. The number of thioether (sulfide) groups is 1. The molecule has 4 heteroatoms. The molecule has 0 radical (unpaired) electrons. The fourth-order valence-electron chi connectivity index (χ4n) is 0.706. The Bertz CT molecular complexity index is 237. The number of furan rings is 1. The van der Waals surface area contributed by atoms with Gasteiger partial charge in [0.15, 0.2) is 4.67 Å². The van der Waals surface area contributed by atoms with Crippen molar-refractivity contribution in [2.45, 2.75) is 17.9 Å². The predicted molar refractivity (Wildman–Crippen MR) is 54.3 cm³/mol. The van der Waals surface area contributed by atoms with E-state index in [1.165, 1.54) is 0 Å². The van der Waals surface area contributed by atoms with E-state index in [0.717, 1.165) is 16.2 Å². The molecule has 0 saturated heterocycles. The molecule has 0 aromatic carbocycles. The van der Waals surface area contributed by atoms with Crippen molar-refractivity contribution in [3.63, 3.8) is 0 Å². The molecule has 1 rings (SSSR count). The molecule has 0 aliphatic heterocycles. The smallest absolute Gasteiger partial charge is 0.169 e. The third-order valence-corrected chi connectivity index (χ3v) is 2.99. The first-order chi connectivity index (χ1) is 5.72. The van der Waals surface area contributed by atoms with Crippen LogP contribution in [0.25, 0.3) is 0 Å². The summed E-state index contributed by atoms with van der Waals surface area (Å²) in [6, 6.07) is 3.81. The van der Waals surface area contributed by atoms with E-state index < -0.39 is 0 Å². The average Bonchev–Trinajstić information content (AvgIpc) is 2.47. The average molecular weight is 251 g/mol.